The van der Waals surface area contributed by atoms with E-state index >= 15 is 0 Å². The molecule has 0 spiro atoms. The third kappa shape index (κ3) is 4.14. The van der Waals surface area contributed by atoms with E-state index in [-0.39, 0.29) is 10.6 Å². The van der Waals surface area contributed by atoms with Crippen LogP contribution in [0.15, 0.2) is 77.7 Å². The summed E-state index contributed by atoms with van der Waals surface area (Å²) in [6.07, 6.45) is 0. The summed E-state index contributed by atoms with van der Waals surface area (Å²) < 4.78 is 31.1. The molecule has 0 saturated carbocycles. The van der Waals surface area contributed by atoms with Gasteiger partial charge in [0.05, 0.1) is 5.69 Å². The smallest absolute Gasteiger partial charge is 0.295 e. The molecular weight excluding hydrogens is 386 g/mol. The molecule has 0 amide bonds. The number of fused-ring (bicyclic) bond motifs is 2. The van der Waals surface area contributed by atoms with Crippen LogP contribution in [0.3, 0.4) is 0 Å². The Hall–Kier alpha value is -2.80. The van der Waals surface area contributed by atoms with Gasteiger partial charge in [0.2, 0.25) is 0 Å². The lowest BCUT2D eigenvalue weighted by Crippen LogP contribution is -1.98. The van der Waals surface area contributed by atoms with Crippen molar-refractivity contribution in [3.05, 3.63) is 77.8 Å². The molecule has 0 aliphatic heterocycles. The summed E-state index contributed by atoms with van der Waals surface area (Å²) in [6.45, 7) is 0. The topological polar surface area (TPSA) is 101 Å². The standard InChI is InChI=1S/C10H7ClO3S.C10H9NO/c11-8-5-4-7-2-1-3-10(9(7)6-8)15(12,13)14;11-10-8-4-2-1-3-7(8)5-6-9(10)12/h1-6H,(H,12,13,14);1-6,12H,11H2. The molecule has 0 fully saturated rings. The molecule has 0 saturated heterocycles. The van der Waals surface area contributed by atoms with Crippen molar-refractivity contribution in [1.82, 2.24) is 0 Å². The Balaban J connectivity index is 0.000000159. The Labute approximate surface area is 161 Å². The number of hydrogen-bond acceptors (Lipinski definition) is 4. The Morgan fingerprint density at radius 2 is 1.44 bits per heavy atom. The first-order chi connectivity index (χ1) is 12.8. The van der Waals surface area contributed by atoms with Crippen LogP contribution >= 0.6 is 11.6 Å². The van der Waals surface area contributed by atoms with Gasteiger partial charge in [-0.15, -0.1) is 0 Å². The van der Waals surface area contributed by atoms with E-state index in [4.69, 9.17) is 21.9 Å². The molecule has 4 rings (SSSR count). The fourth-order valence-electron chi connectivity index (χ4n) is 2.73. The van der Waals surface area contributed by atoms with Crippen LogP contribution in [-0.2, 0) is 10.1 Å². The molecule has 5 nitrogen and oxygen atoms in total. The normalized spacial score (nSPS) is 11.2. The fraction of sp³-hybridized carbons (Fsp3) is 0. The van der Waals surface area contributed by atoms with Crippen molar-refractivity contribution in [3.8, 4) is 5.75 Å². The average Bonchev–Trinajstić information content (AvgIpc) is 2.64. The maximum absolute atomic E-state index is 11.1. The minimum Gasteiger partial charge on any atom is -0.506 e. The van der Waals surface area contributed by atoms with Gasteiger partial charge in [0.15, 0.2) is 0 Å². The number of rotatable bonds is 1. The Bertz CT molecular complexity index is 1240. The summed E-state index contributed by atoms with van der Waals surface area (Å²) in [4.78, 5) is -0.123. The summed E-state index contributed by atoms with van der Waals surface area (Å²) in [5, 5.41) is 12.8. The van der Waals surface area contributed by atoms with E-state index in [0.29, 0.717) is 16.1 Å². The second kappa shape index (κ2) is 7.44. The first-order valence-electron chi connectivity index (χ1n) is 7.89. The number of hydrogen-bond donors (Lipinski definition) is 3. The summed E-state index contributed by atoms with van der Waals surface area (Å²) in [7, 11) is -4.20. The number of nitrogen functional groups attached to an aromatic ring is 1. The summed E-state index contributed by atoms with van der Waals surface area (Å²) in [5.41, 5.74) is 6.12. The first-order valence-corrected chi connectivity index (χ1v) is 9.71. The van der Waals surface area contributed by atoms with Crippen LogP contribution in [0.25, 0.3) is 21.5 Å². The van der Waals surface area contributed by atoms with Gasteiger partial charge in [0.1, 0.15) is 10.6 Å². The molecule has 7 heteroatoms. The summed E-state index contributed by atoms with van der Waals surface area (Å²) >= 11 is 5.76. The largest absolute Gasteiger partial charge is 0.506 e. The Morgan fingerprint density at radius 3 is 2.19 bits per heavy atom. The monoisotopic (exact) mass is 401 g/mol. The van der Waals surface area contributed by atoms with Crippen molar-refractivity contribution < 1.29 is 18.1 Å². The molecule has 0 aliphatic carbocycles. The van der Waals surface area contributed by atoms with E-state index in [0.717, 1.165) is 16.2 Å². The molecule has 0 unspecified atom stereocenters. The lowest BCUT2D eigenvalue weighted by Gasteiger charge is -2.03. The molecule has 0 heterocycles. The van der Waals surface area contributed by atoms with Crippen LogP contribution < -0.4 is 5.73 Å². The number of phenols is 1. The lowest BCUT2D eigenvalue weighted by atomic mass is 10.1. The molecule has 27 heavy (non-hydrogen) atoms. The summed E-state index contributed by atoms with van der Waals surface area (Å²) in [5.74, 6) is 0.147. The Kier molecular flexibility index (Phi) is 5.23. The van der Waals surface area contributed by atoms with Crippen molar-refractivity contribution in [2.45, 2.75) is 4.90 Å². The first kappa shape index (κ1) is 19.0. The van der Waals surface area contributed by atoms with Crippen LogP contribution in [0.4, 0.5) is 5.69 Å². The van der Waals surface area contributed by atoms with E-state index in [2.05, 4.69) is 0 Å². The number of anilines is 1. The second-order valence-corrected chi connectivity index (χ2v) is 7.64. The minimum atomic E-state index is -4.20. The maximum Gasteiger partial charge on any atom is 0.295 e. The van der Waals surface area contributed by atoms with Crippen molar-refractivity contribution in [3.63, 3.8) is 0 Å². The fourth-order valence-corrected chi connectivity index (χ4v) is 3.60. The van der Waals surface area contributed by atoms with Crippen molar-refractivity contribution >= 4 is 49.0 Å². The van der Waals surface area contributed by atoms with Crippen LogP contribution in [0.1, 0.15) is 0 Å². The lowest BCUT2D eigenvalue weighted by molar-refractivity contribution is 0.478. The van der Waals surface area contributed by atoms with Crippen LogP contribution in [0.5, 0.6) is 5.75 Å². The van der Waals surface area contributed by atoms with Crippen molar-refractivity contribution in [1.29, 1.82) is 0 Å². The molecule has 0 aromatic heterocycles. The molecule has 0 atom stereocenters. The number of benzene rings is 4. The molecule has 138 valence electrons. The predicted molar refractivity (Wildman–Crippen MR) is 109 cm³/mol. The molecule has 0 bridgehead atoms. The van der Waals surface area contributed by atoms with E-state index in [9.17, 15) is 13.5 Å². The highest BCUT2D eigenvalue weighted by Gasteiger charge is 2.13. The number of halogens is 1. The van der Waals surface area contributed by atoms with Gasteiger partial charge < -0.3 is 10.8 Å². The minimum absolute atomic E-state index is 0.123. The van der Waals surface area contributed by atoms with E-state index in [1.165, 1.54) is 12.1 Å². The maximum atomic E-state index is 11.1. The third-order valence-corrected chi connectivity index (χ3v) is 5.18. The quantitative estimate of drug-likeness (QED) is 0.240. The van der Waals surface area contributed by atoms with E-state index < -0.39 is 10.1 Å². The molecular formula is C20H16ClNO4S. The van der Waals surface area contributed by atoms with Crippen LogP contribution in [-0.4, -0.2) is 18.1 Å². The van der Waals surface area contributed by atoms with Gasteiger partial charge in [0.25, 0.3) is 10.1 Å². The van der Waals surface area contributed by atoms with Gasteiger partial charge in [-0.05, 0) is 35.0 Å². The zero-order chi connectivity index (χ0) is 19.6. The number of aromatic hydroxyl groups is 1. The highest BCUT2D eigenvalue weighted by Crippen LogP contribution is 2.29. The van der Waals surface area contributed by atoms with Gasteiger partial charge in [-0.2, -0.15) is 8.42 Å². The predicted octanol–water partition coefficient (Wildman–Crippen LogP) is 4.87. The molecule has 0 aliphatic rings. The van der Waals surface area contributed by atoms with Gasteiger partial charge in [-0.1, -0.05) is 60.1 Å². The Morgan fingerprint density at radius 1 is 0.815 bits per heavy atom. The van der Waals surface area contributed by atoms with Crippen molar-refractivity contribution in [2.75, 3.05) is 5.73 Å². The second-order valence-electron chi connectivity index (χ2n) is 5.82. The highest BCUT2D eigenvalue weighted by molar-refractivity contribution is 7.86. The SMILES string of the molecule is Nc1c(O)ccc2ccccc12.O=S(=O)(O)c1cccc2ccc(Cl)cc12. The van der Waals surface area contributed by atoms with Gasteiger partial charge in [0, 0.05) is 15.8 Å². The summed E-state index contributed by atoms with van der Waals surface area (Å²) in [6, 6.07) is 20.7. The molecule has 4 aromatic rings. The average molecular weight is 402 g/mol. The zero-order valence-corrected chi connectivity index (χ0v) is 15.6. The zero-order valence-electron chi connectivity index (χ0n) is 14.0. The molecule has 4 N–H and O–H groups in total. The molecule has 0 radical (unpaired) electrons. The van der Waals surface area contributed by atoms with Gasteiger partial charge >= 0.3 is 0 Å². The highest BCUT2D eigenvalue weighted by atomic mass is 35.5. The van der Waals surface area contributed by atoms with E-state index in [1.54, 1.807) is 30.3 Å². The van der Waals surface area contributed by atoms with Gasteiger partial charge in [-0.25, -0.2) is 0 Å². The van der Waals surface area contributed by atoms with Crippen LogP contribution in [0.2, 0.25) is 5.02 Å². The van der Waals surface area contributed by atoms with Crippen LogP contribution in [0, 0.1) is 0 Å². The number of nitrogens with two attached hydrogens (primary N) is 1. The van der Waals surface area contributed by atoms with Crippen molar-refractivity contribution in [2.24, 2.45) is 0 Å². The third-order valence-electron chi connectivity index (χ3n) is 4.03. The van der Waals surface area contributed by atoms with Gasteiger partial charge in [-0.3, -0.25) is 4.55 Å². The molecule has 4 aromatic carbocycles. The van der Waals surface area contributed by atoms with E-state index in [1.807, 2.05) is 30.3 Å². The number of phenolic OH excluding ortho intramolecular Hbond substituents is 1.